The van der Waals surface area contributed by atoms with Gasteiger partial charge in [-0.25, -0.2) is 4.98 Å². The molecule has 2 aromatic heterocycles. The van der Waals surface area contributed by atoms with Gasteiger partial charge in [-0.15, -0.1) is 0 Å². The number of carboxylic acid groups (broad SMARTS) is 1. The second-order valence-electron chi connectivity index (χ2n) is 5.59. The summed E-state index contributed by atoms with van der Waals surface area (Å²) in [5.41, 5.74) is 0.784. The predicted molar refractivity (Wildman–Crippen MR) is 99.2 cm³/mol. The number of carbonyl (C=O) groups is 2. The van der Waals surface area contributed by atoms with Gasteiger partial charge in [-0.3, -0.25) is 14.4 Å². The van der Waals surface area contributed by atoms with Gasteiger partial charge in [-0.2, -0.15) is 0 Å². The van der Waals surface area contributed by atoms with Crippen LogP contribution in [0.5, 0.6) is 0 Å². The largest absolute Gasteiger partial charge is 0.480 e. The maximum atomic E-state index is 12.7. The van der Waals surface area contributed by atoms with E-state index in [1.165, 1.54) is 6.20 Å². The lowest BCUT2D eigenvalue weighted by molar-refractivity contribution is -0.135. The second kappa shape index (κ2) is 7.49. The van der Waals surface area contributed by atoms with E-state index >= 15 is 0 Å². The SMILES string of the molecule is O=C(O)CNC(=O)c1cn(Cc2ccccc2)c2ncc(Br)cc2c1=O. The molecule has 0 unspecified atom stereocenters. The highest BCUT2D eigenvalue weighted by Crippen LogP contribution is 2.17. The lowest BCUT2D eigenvalue weighted by Gasteiger charge is -2.13. The van der Waals surface area contributed by atoms with Crippen LogP contribution < -0.4 is 10.7 Å². The van der Waals surface area contributed by atoms with Gasteiger partial charge in [0.1, 0.15) is 17.8 Å². The minimum Gasteiger partial charge on any atom is -0.480 e. The third-order valence-corrected chi connectivity index (χ3v) is 4.15. The normalized spacial score (nSPS) is 10.7. The van der Waals surface area contributed by atoms with Gasteiger partial charge in [-0.1, -0.05) is 30.3 Å². The van der Waals surface area contributed by atoms with Crippen molar-refractivity contribution in [1.29, 1.82) is 0 Å². The molecular weight excluding hydrogens is 402 g/mol. The lowest BCUT2D eigenvalue weighted by atomic mass is 10.1. The van der Waals surface area contributed by atoms with Gasteiger partial charge in [0.15, 0.2) is 0 Å². The van der Waals surface area contributed by atoms with Gasteiger partial charge < -0.3 is 15.0 Å². The summed E-state index contributed by atoms with van der Waals surface area (Å²) in [6.45, 7) is -0.156. The Hall–Kier alpha value is -3.00. The Morgan fingerprint density at radius 1 is 1.23 bits per heavy atom. The number of rotatable bonds is 5. The topological polar surface area (TPSA) is 101 Å². The predicted octanol–water partition coefficient (Wildman–Crippen LogP) is 2.02. The molecule has 0 radical (unpaired) electrons. The van der Waals surface area contributed by atoms with Crippen molar-refractivity contribution in [2.75, 3.05) is 6.54 Å². The molecule has 0 aliphatic heterocycles. The van der Waals surface area contributed by atoms with Crippen molar-refractivity contribution >= 4 is 38.8 Å². The smallest absolute Gasteiger partial charge is 0.322 e. The van der Waals surface area contributed by atoms with Crippen LogP contribution in [0, 0.1) is 0 Å². The van der Waals surface area contributed by atoms with Crippen LogP contribution in [0.4, 0.5) is 0 Å². The summed E-state index contributed by atoms with van der Waals surface area (Å²) in [5, 5.41) is 11.2. The first-order valence-corrected chi connectivity index (χ1v) is 8.47. The second-order valence-corrected chi connectivity index (χ2v) is 6.50. The van der Waals surface area contributed by atoms with Crippen LogP contribution in [0.3, 0.4) is 0 Å². The number of aliphatic carboxylic acids is 1. The van der Waals surface area contributed by atoms with Crippen molar-refractivity contribution in [2.45, 2.75) is 6.54 Å². The van der Waals surface area contributed by atoms with E-state index in [0.717, 1.165) is 5.56 Å². The van der Waals surface area contributed by atoms with E-state index in [1.54, 1.807) is 16.8 Å². The molecule has 1 amide bonds. The first-order chi connectivity index (χ1) is 12.5. The van der Waals surface area contributed by atoms with Gasteiger partial charge in [0, 0.05) is 23.4 Å². The molecule has 1 aromatic carbocycles. The third kappa shape index (κ3) is 3.80. The van der Waals surface area contributed by atoms with Crippen molar-refractivity contribution in [1.82, 2.24) is 14.9 Å². The van der Waals surface area contributed by atoms with E-state index in [0.29, 0.717) is 16.7 Å². The molecule has 0 bridgehead atoms. The third-order valence-electron chi connectivity index (χ3n) is 3.72. The standard InChI is InChI=1S/C18H14BrN3O4/c19-12-6-13-16(25)14(18(26)21-8-15(23)24)10-22(17(13)20-7-12)9-11-4-2-1-3-5-11/h1-7,10H,8-9H2,(H,21,26)(H,23,24). The van der Waals surface area contributed by atoms with Crippen LogP contribution in [0.15, 0.2) is 58.1 Å². The zero-order valence-corrected chi connectivity index (χ0v) is 15.1. The Labute approximate surface area is 156 Å². The zero-order valence-electron chi connectivity index (χ0n) is 13.5. The number of aromatic nitrogens is 2. The monoisotopic (exact) mass is 415 g/mol. The Kier molecular flexibility index (Phi) is 5.13. The van der Waals surface area contributed by atoms with E-state index in [9.17, 15) is 14.4 Å². The fourth-order valence-electron chi connectivity index (χ4n) is 2.56. The van der Waals surface area contributed by atoms with Crippen LogP contribution in [0.1, 0.15) is 15.9 Å². The Morgan fingerprint density at radius 2 is 1.96 bits per heavy atom. The van der Waals surface area contributed by atoms with E-state index < -0.39 is 23.9 Å². The van der Waals surface area contributed by atoms with E-state index in [-0.39, 0.29) is 10.9 Å². The summed E-state index contributed by atoms with van der Waals surface area (Å²) in [5.74, 6) is -1.92. The quantitative estimate of drug-likeness (QED) is 0.663. The average molecular weight is 416 g/mol. The molecular formula is C18H14BrN3O4. The van der Waals surface area contributed by atoms with Crippen LogP contribution >= 0.6 is 15.9 Å². The molecule has 2 heterocycles. The number of hydrogen-bond acceptors (Lipinski definition) is 4. The van der Waals surface area contributed by atoms with Gasteiger partial charge in [0.25, 0.3) is 5.91 Å². The molecule has 0 atom stereocenters. The van der Waals surface area contributed by atoms with Crippen molar-refractivity contribution in [3.63, 3.8) is 0 Å². The van der Waals surface area contributed by atoms with Crippen molar-refractivity contribution in [3.05, 3.63) is 74.6 Å². The number of halogens is 1. The maximum absolute atomic E-state index is 12.7. The molecule has 2 N–H and O–H groups in total. The number of fused-ring (bicyclic) bond motifs is 1. The number of nitrogens with one attached hydrogen (secondary N) is 1. The highest BCUT2D eigenvalue weighted by molar-refractivity contribution is 9.10. The number of amides is 1. The molecule has 8 heteroatoms. The Bertz CT molecular complexity index is 1050. The van der Waals surface area contributed by atoms with E-state index in [4.69, 9.17) is 5.11 Å². The molecule has 0 spiro atoms. The van der Waals surface area contributed by atoms with Gasteiger partial charge in [-0.05, 0) is 27.6 Å². The molecule has 0 aliphatic rings. The number of carbonyl (C=O) groups excluding carboxylic acids is 1. The molecule has 0 aliphatic carbocycles. The number of carboxylic acids is 1. The highest BCUT2D eigenvalue weighted by atomic mass is 79.9. The number of pyridine rings is 2. The first kappa shape index (κ1) is 17.8. The van der Waals surface area contributed by atoms with Gasteiger partial charge >= 0.3 is 5.97 Å². The van der Waals surface area contributed by atoms with Crippen molar-refractivity contribution in [3.8, 4) is 0 Å². The van der Waals surface area contributed by atoms with Crippen LogP contribution in [0.25, 0.3) is 11.0 Å². The molecule has 3 aromatic rings. The fourth-order valence-corrected chi connectivity index (χ4v) is 2.89. The summed E-state index contributed by atoms with van der Waals surface area (Å²) >= 11 is 3.28. The molecule has 0 saturated carbocycles. The Balaban J connectivity index is 2.13. The fraction of sp³-hybridized carbons (Fsp3) is 0.111. The molecule has 7 nitrogen and oxygen atoms in total. The number of nitrogens with zero attached hydrogens (tertiary/aromatic N) is 2. The van der Waals surface area contributed by atoms with Crippen molar-refractivity contribution in [2.24, 2.45) is 0 Å². The number of hydrogen-bond donors (Lipinski definition) is 2. The minimum absolute atomic E-state index is 0.130. The van der Waals surface area contributed by atoms with Crippen LogP contribution in [0.2, 0.25) is 0 Å². The summed E-state index contributed by atoms with van der Waals surface area (Å²) in [6, 6.07) is 11.1. The number of benzene rings is 1. The maximum Gasteiger partial charge on any atom is 0.322 e. The zero-order chi connectivity index (χ0) is 18.7. The van der Waals surface area contributed by atoms with Gasteiger partial charge in [0.05, 0.1) is 5.39 Å². The van der Waals surface area contributed by atoms with E-state index in [1.807, 2.05) is 30.3 Å². The lowest BCUT2D eigenvalue weighted by Crippen LogP contribution is -2.33. The van der Waals surface area contributed by atoms with Gasteiger partial charge in [0.2, 0.25) is 5.43 Å². The molecule has 3 rings (SSSR count). The molecule has 0 fully saturated rings. The van der Waals surface area contributed by atoms with Crippen LogP contribution in [-0.2, 0) is 11.3 Å². The Morgan fingerprint density at radius 3 is 2.65 bits per heavy atom. The molecule has 132 valence electrons. The average Bonchev–Trinajstić information content (AvgIpc) is 2.63. The summed E-state index contributed by atoms with van der Waals surface area (Å²) in [6.07, 6.45) is 2.99. The van der Waals surface area contributed by atoms with Crippen LogP contribution in [-0.4, -0.2) is 33.1 Å². The highest BCUT2D eigenvalue weighted by Gasteiger charge is 2.17. The summed E-state index contributed by atoms with van der Waals surface area (Å²) in [7, 11) is 0. The minimum atomic E-state index is -1.19. The molecule has 26 heavy (non-hydrogen) atoms. The summed E-state index contributed by atoms with van der Waals surface area (Å²) < 4.78 is 2.31. The first-order valence-electron chi connectivity index (χ1n) is 7.68. The van der Waals surface area contributed by atoms with Crippen molar-refractivity contribution < 1.29 is 14.7 Å². The van der Waals surface area contributed by atoms with E-state index in [2.05, 4.69) is 26.2 Å². The summed E-state index contributed by atoms with van der Waals surface area (Å²) in [4.78, 5) is 39.9. The molecule has 0 saturated heterocycles.